The first-order chi connectivity index (χ1) is 16.0. The van der Waals surface area contributed by atoms with Crippen molar-refractivity contribution in [3.63, 3.8) is 0 Å². The number of benzene rings is 2. The molecule has 8 nitrogen and oxygen atoms in total. The van der Waals surface area contributed by atoms with Gasteiger partial charge in [-0.15, -0.1) is 0 Å². The summed E-state index contributed by atoms with van der Waals surface area (Å²) in [7, 11) is -6.31. The minimum absolute atomic E-state index is 0.0803. The lowest BCUT2D eigenvalue weighted by Crippen LogP contribution is -2.44. The molecule has 5 N–H and O–H groups in total. The van der Waals surface area contributed by atoms with Crippen LogP contribution in [-0.4, -0.2) is 27.5 Å². The molecule has 0 fully saturated rings. The van der Waals surface area contributed by atoms with E-state index >= 15 is 4.39 Å². The summed E-state index contributed by atoms with van der Waals surface area (Å²) >= 11 is 0.803. The SMILES string of the molecule is CC(C)(C)[Si](C)(C)Oc1ccc(F)c(C(=O)c2sc(Nc3ccc(S(N)(=O)=O)cc3)nc2N)c1F. The number of sulfonamides is 1. The van der Waals surface area contributed by atoms with Crippen LogP contribution in [0.3, 0.4) is 0 Å². The molecule has 1 aromatic heterocycles. The molecule has 2 aromatic carbocycles. The summed E-state index contributed by atoms with van der Waals surface area (Å²) in [5.41, 5.74) is 5.54. The second-order valence-corrected chi connectivity index (χ2v) is 16.6. The van der Waals surface area contributed by atoms with E-state index in [1.165, 1.54) is 30.3 Å². The third kappa shape index (κ3) is 5.69. The molecule has 0 aliphatic heterocycles. The number of rotatable bonds is 7. The molecule has 0 amide bonds. The maximum absolute atomic E-state index is 15.3. The third-order valence-electron chi connectivity index (χ3n) is 5.75. The fraction of sp³-hybridized carbons (Fsp3) is 0.273. The van der Waals surface area contributed by atoms with Crippen LogP contribution in [0.5, 0.6) is 5.75 Å². The van der Waals surface area contributed by atoms with E-state index in [0.717, 1.165) is 17.4 Å². The van der Waals surface area contributed by atoms with E-state index in [-0.39, 0.29) is 31.5 Å². The predicted octanol–water partition coefficient (Wildman–Crippen LogP) is 5.01. The highest BCUT2D eigenvalue weighted by Gasteiger charge is 2.40. The summed E-state index contributed by atoms with van der Waals surface area (Å²) in [5, 5.41) is 7.88. The summed E-state index contributed by atoms with van der Waals surface area (Å²) in [6.07, 6.45) is 0. The molecule has 0 spiro atoms. The van der Waals surface area contributed by atoms with E-state index in [1.54, 1.807) is 0 Å². The molecule has 13 heteroatoms. The smallest absolute Gasteiger partial charge is 0.250 e. The van der Waals surface area contributed by atoms with Crippen LogP contribution in [0.4, 0.5) is 25.4 Å². The zero-order valence-corrected chi connectivity index (χ0v) is 22.4. The molecule has 0 saturated heterocycles. The molecule has 0 radical (unpaired) electrons. The molecule has 0 bridgehead atoms. The highest BCUT2D eigenvalue weighted by molar-refractivity contribution is 7.89. The largest absolute Gasteiger partial charge is 0.542 e. The number of nitrogens with zero attached hydrogens (tertiary/aromatic N) is 1. The summed E-state index contributed by atoms with van der Waals surface area (Å²) < 4.78 is 58.7. The summed E-state index contributed by atoms with van der Waals surface area (Å²) in [6.45, 7) is 9.74. The second-order valence-electron chi connectivity index (χ2n) is 9.35. The van der Waals surface area contributed by atoms with Gasteiger partial charge in [-0.1, -0.05) is 32.1 Å². The van der Waals surface area contributed by atoms with Crippen molar-refractivity contribution in [3.8, 4) is 5.75 Å². The number of primary sulfonamides is 1. The van der Waals surface area contributed by atoms with Gasteiger partial charge in [-0.05, 0) is 54.5 Å². The molecule has 35 heavy (non-hydrogen) atoms. The molecular weight excluding hydrogens is 514 g/mol. The molecule has 0 saturated carbocycles. The van der Waals surface area contributed by atoms with Crippen molar-refractivity contribution in [1.29, 1.82) is 0 Å². The Balaban J connectivity index is 1.91. The van der Waals surface area contributed by atoms with Gasteiger partial charge in [0, 0.05) is 5.69 Å². The van der Waals surface area contributed by atoms with E-state index in [9.17, 15) is 17.6 Å². The van der Waals surface area contributed by atoms with E-state index in [2.05, 4.69) is 10.3 Å². The number of ketones is 1. The maximum Gasteiger partial charge on any atom is 0.250 e. The van der Waals surface area contributed by atoms with Crippen molar-refractivity contribution >= 4 is 52.1 Å². The lowest BCUT2D eigenvalue weighted by atomic mass is 10.1. The van der Waals surface area contributed by atoms with Crippen LogP contribution in [0, 0.1) is 11.6 Å². The number of aromatic nitrogens is 1. The van der Waals surface area contributed by atoms with E-state index in [1.807, 2.05) is 33.9 Å². The number of carbonyl (C=O) groups is 1. The van der Waals surface area contributed by atoms with Gasteiger partial charge in [0.1, 0.15) is 22.3 Å². The minimum Gasteiger partial charge on any atom is -0.542 e. The fourth-order valence-electron chi connectivity index (χ4n) is 2.76. The van der Waals surface area contributed by atoms with Gasteiger partial charge in [0.05, 0.1) is 10.5 Å². The fourth-order valence-corrected chi connectivity index (χ4v) is 5.14. The normalized spacial score (nSPS) is 12.5. The van der Waals surface area contributed by atoms with Gasteiger partial charge in [-0.2, -0.15) is 0 Å². The van der Waals surface area contributed by atoms with E-state index in [0.29, 0.717) is 5.69 Å². The lowest BCUT2D eigenvalue weighted by Gasteiger charge is -2.36. The van der Waals surface area contributed by atoms with Crippen LogP contribution in [0.1, 0.15) is 36.0 Å². The Morgan fingerprint density at radius 1 is 1.11 bits per heavy atom. The van der Waals surface area contributed by atoms with Gasteiger partial charge in [0.25, 0.3) is 8.32 Å². The molecule has 188 valence electrons. The average molecular weight is 541 g/mol. The first-order valence-electron chi connectivity index (χ1n) is 10.4. The Labute approximate surface area is 207 Å². The number of thiazole rings is 1. The molecule has 3 rings (SSSR count). The van der Waals surface area contributed by atoms with Crippen LogP contribution in [0.15, 0.2) is 41.3 Å². The average Bonchev–Trinajstić information content (AvgIpc) is 3.09. The molecule has 0 aliphatic rings. The van der Waals surface area contributed by atoms with Gasteiger partial charge in [0.15, 0.2) is 10.9 Å². The van der Waals surface area contributed by atoms with Crippen molar-refractivity contribution in [1.82, 2.24) is 4.98 Å². The lowest BCUT2D eigenvalue weighted by molar-refractivity contribution is 0.103. The number of nitrogens with two attached hydrogens (primary N) is 2. The predicted molar refractivity (Wildman–Crippen MR) is 135 cm³/mol. The zero-order valence-electron chi connectivity index (χ0n) is 19.8. The Morgan fingerprint density at radius 2 is 1.71 bits per heavy atom. The molecule has 0 unspecified atom stereocenters. The maximum atomic E-state index is 15.3. The number of nitrogen functional groups attached to an aromatic ring is 1. The van der Waals surface area contributed by atoms with Crippen molar-refractivity contribution in [2.75, 3.05) is 11.1 Å². The van der Waals surface area contributed by atoms with Crippen LogP contribution < -0.4 is 20.6 Å². The molecular formula is C22H26F2N4O4S2Si. The van der Waals surface area contributed by atoms with Crippen LogP contribution in [-0.2, 0) is 10.0 Å². The number of anilines is 3. The van der Waals surface area contributed by atoms with Gasteiger partial charge in [-0.3, -0.25) is 4.79 Å². The first-order valence-corrected chi connectivity index (χ1v) is 15.7. The molecule has 1 heterocycles. The van der Waals surface area contributed by atoms with Crippen LogP contribution >= 0.6 is 11.3 Å². The van der Waals surface area contributed by atoms with Crippen molar-refractivity contribution in [2.24, 2.45) is 5.14 Å². The Hall–Kier alpha value is -2.87. The number of nitrogens with one attached hydrogen (secondary N) is 1. The van der Waals surface area contributed by atoms with E-state index in [4.69, 9.17) is 15.3 Å². The topological polar surface area (TPSA) is 137 Å². The van der Waals surface area contributed by atoms with Crippen molar-refractivity contribution in [3.05, 3.63) is 58.5 Å². The summed E-state index contributed by atoms with van der Waals surface area (Å²) in [6, 6.07) is 7.64. The monoisotopic (exact) mass is 540 g/mol. The van der Waals surface area contributed by atoms with Crippen LogP contribution in [0.25, 0.3) is 0 Å². The standard InChI is InChI=1S/C22H26F2N4O4S2Si/c1-22(2,3)35(4,5)32-15-11-10-14(23)16(17(15)24)18(29)19-20(25)28-21(33-19)27-12-6-8-13(9-7-12)34(26,30)31/h6-11H,25H2,1-5H3,(H,27,28)(H2,26,30,31). The highest BCUT2D eigenvalue weighted by atomic mass is 32.2. The Bertz CT molecular complexity index is 1390. The van der Waals surface area contributed by atoms with E-state index < -0.39 is 41.3 Å². The first kappa shape index (κ1) is 26.7. The zero-order chi connectivity index (χ0) is 26.3. The second kappa shape index (κ2) is 9.30. The van der Waals surface area contributed by atoms with Gasteiger partial charge in [-0.25, -0.2) is 27.3 Å². The Kier molecular flexibility index (Phi) is 7.10. The quantitative estimate of drug-likeness (QED) is 0.283. The van der Waals surface area contributed by atoms with Gasteiger partial charge in [0.2, 0.25) is 15.8 Å². The van der Waals surface area contributed by atoms with Crippen molar-refractivity contribution in [2.45, 2.75) is 43.8 Å². The minimum atomic E-state index is -3.85. The number of halogens is 2. The number of hydrogen-bond donors (Lipinski definition) is 3. The van der Waals surface area contributed by atoms with Crippen LogP contribution in [0.2, 0.25) is 18.1 Å². The molecule has 0 aliphatic carbocycles. The number of hydrogen-bond acceptors (Lipinski definition) is 8. The molecule has 3 aromatic rings. The Morgan fingerprint density at radius 3 is 2.26 bits per heavy atom. The van der Waals surface area contributed by atoms with Gasteiger partial charge >= 0.3 is 0 Å². The summed E-state index contributed by atoms with van der Waals surface area (Å²) in [4.78, 5) is 16.9. The summed E-state index contributed by atoms with van der Waals surface area (Å²) in [5.74, 6) is -3.51. The number of carbonyl (C=O) groups excluding carboxylic acids is 1. The highest BCUT2D eigenvalue weighted by Crippen LogP contribution is 2.39. The van der Waals surface area contributed by atoms with Crippen molar-refractivity contribution < 1.29 is 26.4 Å². The molecule has 0 atom stereocenters. The third-order valence-corrected chi connectivity index (χ3v) is 12.0. The van der Waals surface area contributed by atoms with Gasteiger partial charge < -0.3 is 15.5 Å².